The van der Waals surface area contributed by atoms with Gasteiger partial charge in [0.05, 0.1) is 25.3 Å². The van der Waals surface area contributed by atoms with Crippen LogP contribution in [0.2, 0.25) is 0 Å². The van der Waals surface area contributed by atoms with Gasteiger partial charge < -0.3 is 14.5 Å². The second kappa shape index (κ2) is 11.2. The van der Waals surface area contributed by atoms with Crippen molar-refractivity contribution < 1.29 is 14.3 Å². The molecule has 0 fully saturated rings. The van der Waals surface area contributed by atoms with Crippen LogP contribution in [0.25, 0.3) is 10.9 Å². The first kappa shape index (κ1) is 24.6. The molecule has 0 spiro atoms. The number of aromatic nitrogens is 5. The highest BCUT2D eigenvalue weighted by molar-refractivity contribution is 7.09. The van der Waals surface area contributed by atoms with Crippen molar-refractivity contribution in [3.8, 4) is 5.75 Å². The number of ether oxygens (including phenoxy) is 2. The van der Waals surface area contributed by atoms with E-state index in [-0.39, 0.29) is 24.8 Å². The molecule has 35 heavy (non-hydrogen) atoms. The number of methoxy groups -OCH3 is 1. The Balaban J connectivity index is 1.68. The number of H-pyrrole nitrogens is 1. The predicted molar refractivity (Wildman–Crippen MR) is 132 cm³/mol. The van der Waals surface area contributed by atoms with Crippen LogP contribution < -0.4 is 10.3 Å². The quantitative estimate of drug-likeness (QED) is 0.315. The zero-order valence-corrected chi connectivity index (χ0v) is 20.7. The Kier molecular flexibility index (Phi) is 7.88. The Hall–Kier alpha value is -3.57. The molecule has 1 aromatic carbocycles. The molecule has 11 heteroatoms. The van der Waals surface area contributed by atoms with E-state index in [1.54, 1.807) is 25.4 Å². The molecule has 1 atom stereocenters. The van der Waals surface area contributed by atoms with E-state index in [0.717, 1.165) is 10.3 Å². The number of carbonyl (C=O) groups excluding carboxylic acids is 1. The first-order valence-electron chi connectivity index (χ1n) is 11.4. The van der Waals surface area contributed by atoms with Crippen molar-refractivity contribution >= 4 is 28.2 Å². The molecule has 3 heterocycles. The summed E-state index contributed by atoms with van der Waals surface area (Å²) in [6.45, 7) is 4.98. The Bertz CT molecular complexity index is 1330. The summed E-state index contributed by atoms with van der Waals surface area (Å²) in [6, 6.07) is 11.3. The van der Waals surface area contributed by atoms with Crippen LogP contribution in [0.1, 0.15) is 42.6 Å². The third kappa shape index (κ3) is 5.75. The molecule has 10 nitrogen and oxygen atoms in total. The van der Waals surface area contributed by atoms with Crippen LogP contribution in [-0.2, 0) is 29.2 Å². The molecule has 4 rings (SSSR count). The van der Waals surface area contributed by atoms with Gasteiger partial charge in [0, 0.05) is 29.6 Å². The van der Waals surface area contributed by atoms with E-state index in [1.165, 1.54) is 4.68 Å². The fourth-order valence-corrected chi connectivity index (χ4v) is 4.79. The lowest BCUT2D eigenvalue weighted by molar-refractivity contribution is -0.144. The van der Waals surface area contributed by atoms with Crippen LogP contribution in [0.5, 0.6) is 5.75 Å². The monoisotopic (exact) mass is 496 g/mol. The van der Waals surface area contributed by atoms with Gasteiger partial charge in [0.25, 0.3) is 5.56 Å². The molecule has 0 bridgehead atoms. The fourth-order valence-electron chi connectivity index (χ4n) is 4.06. The first-order chi connectivity index (χ1) is 17.0. The minimum absolute atomic E-state index is 0.0715. The Morgan fingerprint density at radius 1 is 1.23 bits per heavy atom. The summed E-state index contributed by atoms with van der Waals surface area (Å²) in [6.07, 6.45) is 0.678. The number of carbonyl (C=O) groups is 1. The lowest BCUT2D eigenvalue weighted by Gasteiger charge is -2.29. The second-order valence-electron chi connectivity index (χ2n) is 7.99. The first-order valence-corrected chi connectivity index (χ1v) is 12.3. The van der Waals surface area contributed by atoms with Gasteiger partial charge in [0.15, 0.2) is 5.82 Å². The number of nitrogens with one attached hydrogen (secondary N) is 1. The minimum Gasteiger partial charge on any atom is -0.497 e. The van der Waals surface area contributed by atoms with Gasteiger partial charge in [-0.1, -0.05) is 13.0 Å². The average Bonchev–Trinajstić information content (AvgIpc) is 3.52. The molecule has 4 aromatic rings. The minimum atomic E-state index is -0.401. The van der Waals surface area contributed by atoms with Crippen molar-refractivity contribution in [1.82, 2.24) is 30.1 Å². The number of thiophene rings is 1. The summed E-state index contributed by atoms with van der Waals surface area (Å²) in [5.74, 6) is 0.834. The molecule has 0 aliphatic heterocycles. The molecular formula is C24H28N6O4S. The molecule has 0 unspecified atom stereocenters. The van der Waals surface area contributed by atoms with Crippen molar-refractivity contribution in [2.45, 2.75) is 45.9 Å². The molecule has 1 N–H and O–H groups in total. The lowest BCUT2D eigenvalue weighted by atomic mass is 10.1. The SMILES string of the molecule is CCOC(=O)Cn1nnnc1[C@H](CC)N(Cc1cccs1)Cc1cc2ccc(OC)cc2[nH]c1=O. The van der Waals surface area contributed by atoms with Gasteiger partial charge in [0.2, 0.25) is 0 Å². The number of rotatable bonds is 11. The van der Waals surface area contributed by atoms with Crippen molar-refractivity contribution in [2.24, 2.45) is 0 Å². The number of fused-ring (bicyclic) bond motifs is 1. The second-order valence-corrected chi connectivity index (χ2v) is 9.02. The van der Waals surface area contributed by atoms with Crippen molar-refractivity contribution in [3.63, 3.8) is 0 Å². The number of aromatic amines is 1. The molecule has 0 amide bonds. The fraction of sp³-hybridized carbons (Fsp3) is 0.375. The summed E-state index contributed by atoms with van der Waals surface area (Å²) in [5, 5.41) is 15.0. The normalized spacial score (nSPS) is 12.2. The number of hydrogen-bond acceptors (Lipinski definition) is 9. The van der Waals surface area contributed by atoms with Crippen LogP contribution in [-0.4, -0.2) is 49.8 Å². The molecule has 184 valence electrons. The maximum absolute atomic E-state index is 13.0. The Morgan fingerprint density at radius 2 is 2.09 bits per heavy atom. The van der Waals surface area contributed by atoms with Gasteiger partial charge in [0.1, 0.15) is 12.3 Å². The smallest absolute Gasteiger partial charge is 0.327 e. The van der Waals surface area contributed by atoms with Gasteiger partial charge in [-0.3, -0.25) is 14.5 Å². The average molecular weight is 497 g/mol. The summed E-state index contributed by atoms with van der Waals surface area (Å²) in [5.41, 5.74) is 1.18. The summed E-state index contributed by atoms with van der Waals surface area (Å²) in [7, 11) is 1.59. The molecule has 0 saturated heterocycles. The third-order valence-corrected chi connectivity index (χ3v) is 6.57. The molecule has 0 saturated carbocycles. The molecular weight excluding hydrogens is 468 g/mol. The topological polar surface area (TPSA) is 115 Å². The van der Waals surface area contributed by atoms with E-state index in [1.807, 2.05) is 42.6 Å². The largest absolute Gasteiger partial charge is 0.497 e. The van der Waals surface area contributed by atoms with Gasteiger partial charge in [-0.15, -0.1) is 16.4 Å². The van der Waals surface area contributed by atoms with E-state index in [4.69, 9.17) is 9.47 Å². The standard InChI is InChI=1S/C24H28N6O4S/c1-4-21(23-26-27-28-30(23)15-22(31)34-5-2)29(14-19-7-6-10-35-19)13-17-11-16-8-9-18(33-3)12-20(16)25-24(17)32/h6-12,21H,4-5,13-15H2,1-3H3,(H,25,32)/t21-/m0/s1. The third-order valence-electron chi connectivity index (χ3n) is 5.71. The Labute approximate surface area is 206 Å². The number of hydrogen-bond donors (Lipinski definition) is 1. The molecule has 0 radical (unpaired) electrons. The summed E-state index contributed by atoms with van der Waals surface area (Å²) < 4.78 is 11.8. The highest BCUT2D eigenvalue weighted by Gasteiger charge is 2.27. The maximum Gasteiger partial charge on any atom is 0.327 e. The van der Waals surface area contributed by atoms with E-state index in [9.17, 15) is 9.59 Å². The molecule has 0 aliphatic carbocycles. The van der Waals surface area contributed by atoms with E-state index in [2.05, 4.69) is 31.5 Å². The maximum atomic E-state index is 13.0. The molecule has 0 aliphatic rings. The van der Waals surface area contributed by atoms with E-state index < -0.39 is 5.97 Å². The zero-order chi connectivity index (χ0) is 24.8. The summed E-state index contributed by atoms with van der Waals surface area (Å²) in [4.78, 5) is 31.4. The summed E-state index contributed by atoms with van der Waals surface area (Å²) >= 11 is 1.65. The number of benzene rings is 1. The van der Waals surface area contributed by atoms with E-state index >= 15 is 0 Å². The van der Waals surface area contributed by atoms with Crippen LogP contribution in [0, 0.1) is 0 Å². The van der Waals surface area contributed by atoms with Crippen molar-refractivity contribution in [3.05, 3.63) is 68.4 Å². The van der Waals surface area contributed by atoms with Gasteiger partial charge in [-0.2, -0.15) is 0 Å². The van der Waals surface area contributed by atoms with Crippen molar-refractivity contribution in [2.75, 3.05) is 13.7 Å². The van der Waals surface area contributed by atoms with Crippen LogP contribution in [0.4, 0.5) is 0 Å². The van der Waals surface area contributed by atoms with Crippen LogP contribution >= 0.6 is 11.3 Å². The van der Waals surface area contributed by atoms with Gasteiger partial charge >= 0.3 is 5.97 Å². The Morgan fingerprint density at radius 3 is 2.80 bits per heavy atom. The number of esters is 1. The van der Waals surface area contributed by atoms with Crippen LogP contribution in [0.3, 0.4) is 0 Å². The van der Waals surface area contributed by atoms with Crippen molar-refractivity contribution in [1.29, 1.82) is 0 Å². The zero-order valence-electron chi connectivity index (χ0n) is 19.9. The van der Waals surface area contributed by atoms with Gasteiger partial charge in [-0.25, -0.2) is 4.68 Å². The number of nitrogens with zero attached hydrogens (tertiary/aromatic N) is 5. The van der Waals surface area contributed by atoms with Crippen LogP contribution in [0.15, 0.2) is 46.6 Å². The predicted octanol–water partition coefficient (Wildman–Crippen LogP) is 3.30. The lowest BCUT2D eigenvalue weighted by Crippen LogP contribution is -2.32. The number of pyridine rings is 1. The highest BCUT2D eigenvalue weighted by Crippen LogP contribution is 2.28. The van der Waals surface area contributed by atoms with Gasteiger partial charge in [-0.05, 0) is 58.8 Å². The molecule has 3 aromatic heterocycles. The highest BCUT2D eigenvalue weighted by atomic mass is 32.1. The van der Waals surface area contributed by atoms with E-state index in [0.29, 0.717) is 42.2 Å². The number of tetrazole rings is 1.